The summed E-state index contributed by atoms with van der Waals surface area (Å²) in [5.41, 5.74) is 3.06. The van der Waals surface area contributed by atoms with Crippen molar-refractivity contribution in [3.8, 4) is 11.4 Å². The molecule has 0 saturated carbocycles. The van der Waals surface area contributed by atoms with Crippen LogP contribution < -0.4 is 4.74 Å². The summed E-state index contributed by atoms with van der Waals surface area (Å²) in [4.78, 5) is 17.1. The molecule has 2 heterocycles. The van der Waals surface area contributed by atoms with Crippen LogP contribution in [0.4, 0.5) is 0 Å². The first-order valence-electron chi connectivity index (χ1n) is 9.72. The Hall–Kier alpha value is -3.45. The first-order chi connectivity index (χ1) is 14.9. The molecule has 4 rings (SSSR count). The van der Waals surface area contributed by atoms with E-state index in [1.807, 2.05) is 41.8 Å². The third-order valence-corrected chi connectivity index (χ3v) is 5.57. The Labute approximate surface area is 184 Å². The minimum atomic E-state index is -0.972. The number of rotatable bonds is 6. The predicted molar refractivity (Wildman–Crippen MR) is 118 cm³/mol. The monoisotopic (exact) mass is 436 g/mol. The van der Waals surface area contributed by atoms with Crippen LogP contribution in [0.2, 0.25) is 5.02 Å². The maximum absolute atomic E-state index is 12.2. The molecule has 3 aromatic rings. The molecule has 0 radical (unpaired) electrons. The Balaban J connectivity index is 2.04. The van der Waals surface area contributed by atoms with Gasteiger partial charge in [0, 0.05) is 22.2 Å². The zero-order valence-corrected chi connectivity index (χ0v) is 17.9. The Kier molecular flexibility index (Phi) is 5.61. The molecule has 2 atom stereocenters. The number of allylic oxidation sites excluding steroid dienone is 1. The van der Waals surface area contributed by atoms with Crippen molar-refractivity contribution in [2.24, 2.45) is 10.9 Å². The molecule has 2 aromatic carbocycles. The molecule has 0 saturated heterocycles. The van der Waals surface area contributed by atoms with Crippen LogP contribution in [0.15, 0.2) is 60.1 Å². The second-order valence-electron chi connectivity index (χ2n) is 7.22. The van der Waals surface area contributed by atoms with E-state index in [1.54, 1.807) is 25.3 Å². The average Bonchev–Trinajstić information content (AvgIpc) is 3.08. The van der Waals surface area contributed by atoms with E-state index in [-0.39, 0.29) is 6.42 Å². The number of ether oxygens (including phenoxy) is 1. The molecule has 8 heteroatoms. The van der Waals surface area contributed by atoms with Gasteiger partial charge in [-0.3, -0.25) is 14.4 Å². The van der Waals surface area contributed by atoms with E-state index in [0.717, 1.165) is 16.8 Å². The number of carboxylic acids is 1. The molecule has 1 aromatic heterocycles. The van der Waals surface area contributed by atoms with Crippen molar-refractivity contribution in [3.05, 3.63) is 82.9 Å². The van der Waals surface area contributed by atoms with Crippen molar-refractivity contribution in [1.29, 1.82) is 0 Å². The van der Waals surface area contributed by atoms with Crippen LogP contribution in [0.25, 0.3) is 5.69 Å². The lowest BCUT2D eigenvalue weighted by Gasteiger charge is -2.19. The predicted octanol–water partition coefficient (Wildman–Crippen LogP) is 4.41. The third-order valence-electron chi connectivity index (χ3n) is 5.32. The van der Waals surface area contributed by atoms with E-state index in [2.05, 4.69) is 16.8 Å². The van der Waals surface area contributed by atoms with Crippen LogP contribution in [0.5, 0.6) is 5.75 Å². The lowest BCUT2D eigenvalue weighted by molar-refractivity contribution is -0.142. The second-order valence-corrected chi connectivity index (χ2v) is 7.66. The van der Waals surface area contributed by atoms with Crippen LogP contribution in [0, 0.1) is 12.8 Å². The molecule has 1 N–H and O–H groups in total. The lowest BCUT2D eigenvalue weighted by atomic mass is 9.95. The average molecular weight is 437 g/mol. The highest BCUT2D eigenvalue weighted by Crippen LogP contribution is 2.37. The summed E-state index contributed by atoms with van der Waals surface area (Å²) in [5, 5.41) is 19.1. The van der Waals surface area contributed by atoms with Crippen LogP contribution in [-0.2, 0) is 4.79 Å². The maximum atomic E-state index is 12.2. The molecule has 7 nitrogen and oxygen atoms in total. The highest BCUT2D eigenvalue weighted by atomic mass is 35.5. The van der Waals surface area contributed by atoms with Crippen LogP contribution in [0.3, 0.4) is 0 Å². The van der Waals surface area contributed by atoms with Gasteiger partial charge < -0.3 is 9.84 Å². The Morgan fingerprint density at radius 1 is 1.29 bits per heavy atom. The molecule has 0 unspecified atom stereocenters. The van der Waals surface area contributed by atoms with Gasteiger partial charge in [-0.05, 0) is 37.6 Å². The summed E-state index contributed by atoms with van der Waals surface area (Å²) < 4.78 is 7.30. The number of methoxy groups -OCH3 is 1. The summed E-state index contributed by atoms with van der Waals surface area (Å²) >= 11 is 6.09. The largest absolute Gasteiger partial charge is 0.497 e. The van der Waals surface area contributed by atoms with E-state index >= 15 is 0 Å². The van der Waals surface area contributed by atoms with Crippen molar-refractivity contribution in [3.63, 3.8) is 0 Å². The topological polar surface area (TPSA) is 89.6 Å². The van der Waals surface area contributed by atoms with E-state index in [1.165, 1.54) is 0 Å². The molecule has 0 amide bonds. The fourth-order valence-electron chi connectivity index (χ4n) is 3.81. The van der Waals surface area contributed by atoms with Gasteiger partial charge in [-0.2, -0.15) is 0 Å². The number of aliphatic imine (C=N–C) groups is 1. The third kappa shape index (κ3) is 3.72. The smallest absolute Gasteiger partial charge is 0.309 e. The molecular weight excluding hydrogens is 416 g/mol. The van der Waals surface area contributed by atoms with Gasteiger partial charge in [-0.1, -0.05) is 29.8 Å². The molecule has 1 aliphatic heterocycles. The molecule has 158 valence electrons. The number of aromatic nitrogens is 3. The van der Waals surface area contributed by atoms with Crippen molar-refractivity contribution in [2.75, 3.05) is 7.11 Å². The van der Waals surface area contributed by atoms with Gasteiger partial charge in [0.15, 0.2) is 5.82 Å². The van der Waals surface area contributed by atoms with Gasteiger partial charge in [-0.15, -0.1) is 16.8 Å². The Bertz CT molecular complexity index is 1180. The number of benzene rings is 2. The maximum Gasteiger partial charge on any atom is 0.309 e. The fraction of sp³-hybridized carbons (Fsp3) is 0.217. The van der Waals surface area contributed by atoms with Gasteiger partial charge in [0.2, 0.25) is 0 Å². The van der Waals surface area contributed by atoms with Gasteiger partial charge in [0.05, 0.1) is 24.4 Å². The number of carbonyl (C=O) groups is 1. The summed E-state index contributed by atoms with van der Waals surface area (Å²) in [5.74, 6) is -0.0687. The van der Waals surface area contributed by atoms with Gasteiger partial charge >= 0.3 is 5.97 Å². The van der Waals surface area contributed by atoms with Gasteiger partial charge in [0.25, 0.3) is 0 Å². The van der Waals surface area contributed by atoms with Crippen LogP contribution >= 0.6 is 11.6 Å². The lowest BCUT2D eigenvalue weighted by Crippen LogP contribution is -2.23. The quantitative estimate of drug-likeness (QED) is 0.578. The highest BCUT2D eigenvalue weighted by Gasteiger charge is 2.36. The Morgan fingerprint density at radius 3 is 2.68 bits per heavy atom. The molecule has 0 spiro atoms. The van der Waals surface area contributed by atoms with E-state index in [4.69, 9.17) is 21.3 Å². The van der Waals surface area contributed by atoms with Crippen LogP contribution in [-0.4, -0.2) is 38.7 Å². The van der Waals surface area contributed by atoms with Crippen molar-refractivity contribution in [2.45, 2.75) is 19.4 Å². The summed E-state index contributed by atoms with van der Waals surface area (Å²) in [6.45, 7) is 5.55. The fourth-order valence-corrected chi connectivity index (χ4v) is 3.94. The molecule has 0 aliphatic carbocycles. The number of hydrogen-bond donors (Lipinski definition) is 1. The van der Waals surface area contributed by atoms with Gasteiger partial charge in [-0.25, -0.2) is 0 Å². The summed E-state index contributed by atoms with van der Waals surface area (Å²) in [6.07, 6.45) is 1.83. The normalized spacial score (nSPS) is 15.8. The van der Waals surface area contributed by atoms with Crippen molar-refractivity contribution >= 4 is 23.3 Å². The first kappa shape index (κ1) is 20.8. The number of hydrogen-bond acceptors (Lipinski definition) is 5. The van der Waals surface area contributed by atoms with E-state index < -0.39 is 17.9 Å². The number of halogens is 1. The van der Waals surface area contributed by atoms with E-state index in [9.17, 15) is 9.90 Å². The second kappa shape index (κ2) is 8.35. The summed E-state index contributed by atoms with van der Waals surface area (Å²) in [6, 6.07) is 12.2. The standard InChI is InChI=1S/C23H21ClN4O3/c1-4-5-18(23(29)30)21-22-27-26-13(2)28(22)19-12-16(31-3)10-11-17(19)20(25-21)14-6-8-15(24)9-7-14/h4,6-12,18,21H,1,5H2,2-3H3,(H,29,30)/t18-,21+/m1/s1. The first-order valence-corrected chi connectivity index (χ1v) is 10.1. The number of carboxylic acid groups (broad SMARTS) is 1. The number of aliphatic carboxylic acids is 1. The minimum absolute atomic E-state index is 0.239. The molecule has 31 heavy (non-hydrogen) atoms. The molecule has 0 fully saturated rings. The molecule has 0 bridgehead atoms. The highest BCUT2D eigenvalue weighted by molar-refractivity contribution is 6.30. The van der Waals surface area contributed by atoms with Crippen LogP contribution in [0.1, 0.15) is 35.2 Å². The zero-order chi connectivity index (χ0) is 22.1. The van der Waals surface area contributed by atoms with E-state index in [0.29, 0.717) is 28.1 Å². The molecular formula is C23H21ClN4O3. The van der Waals surface area contributed by atoms with Crippen molar-refractivity contribution < 1.29 is 14.6 Å². The van der Waals surface area contributed by atoms with Crippen molar-refractivity contribution in [1.82, 2.24) is 14.8 Å². The number of fused-ring (bicyclic) bond motifs is 3. The van der Waals surface area contributed by atoms with Gasteiger partial charge in [0.1, 0.15) is 17.6 Å². The number of aryl methyl sites for hydroxylation is 1. The summed E-state index contributed by atoms with van der Waals surface area (Å²) in [7, 11) is 1.60. The number of nitrogens with zero attached hydrogens (tertiary/aromatic N) is 4. The Morgan fingerprint density at radius 2 is 2.03 bits per heavy atom. The SMILES string of the molecule is C=CC[C@@H](C(=O)O)[C@@H]1N=C(c2ccc(Cl)cc2)c2ccc(OC)cc2-n2c(C)nnc21. The molecule has 1 aliphatic rings. The zero-order valence-electron chi connectivity index (χ0n) is 17.1. The minimum Gasteiger partial charge on any atom is -0.497 e.